The summed E-state index contributed by atoms with van der Waals surface area (Å²) in [6.45, 7) is 3.96. The summed E-state index contributed by atoms with van der Waals surface area (Å²) in [6, 6.07) is 10.8. The minimum absolute atomic E-state index is 0.190. The van der Waals surface area contributed by atoms with Crippen molar-refractivity contribution in [2.24, 2.45) is 0 Å². The van der Waals surface area contributed by atoms with Crippen molar-refractivity contribution in [3.05, 3.63) is 53.1 Å². The summed E-state index contributed by atoms with van der Waals surface area (Å²) in [7, 11) is 3.11. The number of carboxylic acids is 1. The molecule has 5 nitrogen and oxygen atoms in total. The van der Waals surface area contributed by atoms with Crippen molar-refractivity contribution in [1.29, 1.82) is 0 Å². The van der Waals surface area contributed by atoms with Crippen molar-refractivity contribution < 1.29 is 24.1 Å². The van der Waals surface area contributed by atoms with E-state index in [4.69, 9.17) is 14.2 Å². The summed E-state index contributed by atoms with van der Waals surface area (Å²) in [5.41, 5.74) is 2.93. The van der Waals surface area contributed by atoms with Crippen LogP contribution in [0.2, 0.25) is 0 Å². The molecule has 0 spiro atoms. The van der Waals surface area contributed by atoms with Crippen LogP contribution in [-0.2, 0) is 11.2 Å². The first-order valence-electron chi connectivity index (χ1n) is 7.62. The van der Waals surface area contributed by atoms with E-state index in [0.717, 1.165) is 16.7 Å². The fraction of sp³-hybridized carbons (Fsp3) is 0.316. The van der Waals surface area contributed by atoms with Gasteiger partial charge < -0.3 is 19.3 Å². The van der Waals surface area contributed by atoms with Gasteiger partial charge in [-0.05, 0) is 48.7 Å². The molecule has 0 bridgehead atoms. The molecule has 0 aliphatic rings. The largest absolute Gasteiger partial charge is 0.497 e. The number of carboxylic acid groups (broad SMARTS) is 1. The van der Waals surface area contributed by atoms with Crippen LogP contribution < -0.4 is 14.2 Å². The minimum Gasteiger partial charge on any atom is -0.497 e. The van der Waals surface area contributed by atoms with Crippen LogP contribution >= 0.6 is 0 Å². The summed E-state index contributed by atoms with van der Waals surface area (Å²) in [4.78, 5) is 11.6. The predicted molar refractivity (Wildman–Crippen MR) is 91.2 cm³/mol. The van der Waals surface area contributed by atoms with Gasteiger partial charge in [-0.15, -0.1) is 0 Å². The maximum absolute atomic E-state index is 11.6. The van der Waals surface area contributed by atoms with Crippen molar-refractivity contribution in [3.8, 4) is 17.2 Å². The van der Waals surface area contributed by atoms with Crippen molar-refractivity contribution >= 4 is 5.97 Å². The number of aryl methyl sites for hydroxylation is 2. The Hall–Kier alpha value is -2.69. The lowest BCUT2D eigenvalue weighted by Crippen LogP contribution is -2.29. The normalized spacial score (nSPS) is 11.7. The number of methoxy groups -OCH3 is 2. The molecule has 0 fully saturated rings. The molecule has 0 aliphatic heterocycles. The third-order valence-corrected chi connectivity index (χ3v) is 3.93. The lowest BCUT2D eigenvalue weighted by Gasteiger charge is -2.18. The van der Waals surface area contributed by atoms with Gasteiger partial charge >= 0.3 is 5.97 Å². The van der Waals surface area contributed by atoms with Gasteiger partial charge in [0.25, 0.3) is 0 Å². The van der Waals surface area contributed by atoms with E-state index in [0.29, 0.717) is 17.2 Å². The third-order valence-electron chi connectivity index (χ3n) is 3.93. The fourth-order valence-corrected chi connectivity index (χ4v) is 2.35. The molecule has 128 valence electrons. The second-order valence-corrected chi connectivity index (χ2v) is 5.57. The highest BCUT2D eigenvalue weighted by Gasteiger charge is 2.22. The zero-order valence-electron chi connectivity index (χ0n) is 14.3. The zero-order valence-corrected chi connectivity index (χ0v) is 14.3. The van der Waals surface area contributed by atoms with Crippen molar-refractivity contribution in [1.82, 2.24) is 0 Å². The minimum atomic E-state index is -1.02. The van der Waals surface area contributed by atoms with Gasteiger partial charge in [-0.1, -0.05) is 12.1 Å². The van der Waals surface area contributed by atoms with E-state index < -0.39 is 12.1 Å². The highest BCUT2D eigenvalue weighted by molar-refractivity contribution is 5.73. The molecule has 0 saturated carbocycles. The lowest BCUT2D eigenvalue weighted by atomic mass is 10.1. The van der Waals surface area contributed by atoms with Crippen molar-refractivity contribution in [2.45, 2.75) is 26.4 Å². The smallest absolute Gasteiger partial charge is 0.345 e. The highest BCUT2D eigenvalue weighted by Crippen LogP contribution is 2.27. The summed E-state index contributed by atoms with van der Waals surface area (Å²) in [6.07, 6.45) is -0.815. The monoisotopic (exact) mass is 330 g/mol. The topological polar surface area (TPSA) is 65.0 Å². The molecule has 0 aliphatic carbocycles. The van der Waals surface area contributed by atoms with Crippen LogP contribution in [0.25, 0.3) is 0 Å². The van der Waals surface area contributed by atoms with E-state index in [2.05, 4.69) is 0 Å². The van der Waals surface area contributed by atoms with E-state index in [1.54, 1.807) is 31.4 Å². The Kier molecular flexibility index (Phi) is 5.68. The van der Waals surface area contributed by atoms with E-state index in [1.165, 1.54) is 7.11 Å². The van der Waals surface area contributed by atoms with Gasteiger partial charge in [0.1, 0.15) is 17.2 Å². The Morgan fingerprint density at radius 3 is 2.29 bits per heavy atom. The third kappa shape index (κ3) is 4.19. The predicted octanol–water partition coefficient (Wildman–Crippen LogP) is 3.40. The highest BCUT2D eigenvalue weighted by atomic mass is 16.5. The molecule has 0 radical (unpaired) electrons. The molecule has 0 heterocycles. The van der Waals surface area contributed by atoms with Crippen LogP contribution in [0.4, 0.5) is 0 Å². The second kappa shape index (κ2) is 7.73. The molecule has 0 unspecified atom stereocenters. The Bertz CT molecular complexity index is 724. The number of benzene rings is 2. The maximum Gasteiger partial charge on any atom is 0.345 e. The van der Waals surface area contributed by atoms with Gasteiger partial charge in [0, 0.05) is 12.5 Å². The molecule has 2 rings (SSSR count). The SMILES string of the molecule is COc1ccc(C[C@@H](Oc2ccc(C)c(C)c2)C(=O)O)c(OC)c1. The Labute approximate surface area is 141 Å². The lowest BCUT2D eigenvalue weighted by molar-refractivity contribution is -0.145. The molecule has 2 aromatic carbocycles. The number of hydrogen-bond acceptors (Lipinski definition) is 4. The van der Waals surface area contributed by atoms with Gasteiger partial charge in [-0.3, -0.25) is 0 Å². The van der Waals surface area contributed by atoms with Crippen LogP contribution in [-0.4, -0.2) is 31.4 Å². The molecule has 5 heteroatoms. The Balaban J connectivity index is 2.22. The summed E-state index contributed by atoms with van der Waals surface area (Å²) in [5, 5.41) is 9.49. The average molecular weight is 330 g/mol. The molecule has 1 atom stereocenters. The fourth-order valence-electron chi connectivity index (χ4n) is 2.35. The van der Waals surface area contributed by atoms with Gasteiger partial charge in [-0.2, -0.15) is 0 Å². The number of hydrogen-bond donors (Lipinski definition) is 1. The molecular weight excluding hydrogens is 308 g/mol. The van der Waals surface area contributed by atoms with Crippen LogP contribution in [0.1, 0.15) is 16.7 Å². The Morgan fingerprint density at radius 2 is 1.71 bits per heavy atom. The van der Waals surface area contributed by atoms with Crippen LogP contribution in [0.5, 0.6) is 17.2 Å². The first-order chi connectivity index (χ1) is 11.4. The second-order valence-electron chi connectivity index (χ2n) is 5.57. The van der Waals surface area contributed by atoms with E-state index in [9.17, 15) is 9.90 Å². The zero-order chi connectivity index (χ0) is 17.7. The van der Waals surface area contributed by atoms with Gasteiger partial charge in [0.05, 0.1) is 14.2 Å². The summed E-state index contributed by atoms with van der Waals surface area (Å²) < 4.78 is 16.2. The van der Waals surface area contributed by atoms with Gasteiger partial charge in [0.15, 0.2) is 6.10 Å². The Morgan fingerprint density at radius 1 is 1.00 bits per heavy atom. The quantitative estimate of drug-likeness (QED) is 0.843. The molecular formula is C19H22O5. The van der Waals surface area contributed by atoms with E-state index >= 15 is 0 Å². The molecule has 2 aromatic rings. The molecule has 1 N–H and O–H groups in total. The first-order valence-corrected chi connectivity index (χ1v) is 7.62. The molecule has 0 saturated heterocycles. The summed E-state index contributed by atoms with van der Waals surface area (Å²) >= 11 is 0. The van der Waals surface area contributed by atoms with Crippen LogP contribution in [0.3, 0.4) is 0 Å². The standard InChI is InChI=1S/C19H22O5/c1-12-5-7-16(9-13(12)2)24-18(19(20)21)10-14-6-8-15(22-3)11-17(14)23-4/h5-9,11,18H,10H2,1-4H3,(H,20,21)/t18-/m1/s1. The van der Waals surface area contributed by atoms with Crippen LogP contribution in [0.15, 0.2) is 36.4 Å². The van der Waals surface area contributed by atoms with E-state index in [-0.39, 0.29) is 6.42 Å². The molecule has 0 amide bonds. The summed E-state index contributed by atoms with van der Waals surface area (Å²) in [5.74, 6) is 0.742. The number of carbonyl (C=O) groups is 1. The van der Waals surface area contributed by atoms with Gasteiger partial charge in [0.2, 0.25) is 0 Å². The molecule has 24 heavy (non-hydrogen) atoms. The number of ether oxygens (including phenoxy) is 3. The number of aliphatic carboxylic acids is 1. The first kappa shape index (κ1) is 17.7. The molecule has 0 aromatic heterocycles. The van der Waals surface area contributed by atoms with Crippen molar-refractivity contribution in [3.63, 3.8) is 0 Å². The maximum atomic E-state index is 11.6. The van der Waals surface area contributed by atoms with Crippen LogP contribution in [0, 0.1) is 13.8 Å². The van der Waals surface area contributed by atoms with Crippen molar-refractivity contribution in [2.75, 3.05) is 14.2 Å². The average Bonchev–Trinajstić information content (AvgIpc) is 2.57. The van der Waals surface area contributed by atoms with E-state index in [1.807, 2.05) is 26.0 Å². The number of rotatable bonds is 7. The van der Waals surface area contributed by atoms with Gasteiger partial charge in [-0.25, -0.2) is 4.79 Å².